The molecule has 2 fully saturated rings. The predicted molar refractivity (Wildman–Crippen MR) is 47.6 cm³/mol. The fourth-order valence-electron chi connectivity index (χ4n) is 2.04. The van der Waals surface area contributed by atoms with Crippen LogP contribution in [-0.2, 0) is 14.6 Å². The zero-order valence-electron chi connectivity index (χ0n) is 8.07. The zero-order valence-corrected chi connectivity index (χ0v) is 8.07. The van der Waals surface area contributed by atoms with Crippen LogP contribution in [0.15, 0.2) is 0 Å². The molecule has 5 nitrogen and oxygen atoms in total. The smallest absolute Gasteiger partial charge is 0.317 e. The van der Waals surface area contributed by atoms with Gasteiger partial charge in [0.2, 0.25) is 0 Å². The third-order valence-electron chi connectivity index (χ3n) is 3.09. The average Bonchev–Trinajstić information content (AvgIpc) is 2.58. The molecule has 2 heterocycles. The molecule has 0 bridgehead atoms. The molecule has 0 aliphatic carbocycles. The second kappa shape index (κ2) is 3.84. The molecule has 0 saturated carbocycles. The first-order valence-electron chi connectivity index (χ1n) is 4.89. The summed E-state index contributed by atoms with van der Waals surface area (Å²) >= 11 is 0. The number of hydrogen-bond donors (Lipinski definition) is 1. The van der Waals surface area contributed by atoms with Crippen LogP contribution >= 0.6 is 0 Å². The van der Waals surface area contributed by atoms with Crippen LogP contribution in [0.5, 0.6) is 0 Å². The van der Waals surface area contributed by atoms with E-state index in [1.54, 1.807) is 0 Å². The lowest BCUT2D eigenvalue weighted by molar-refractivity contribution is -0.248. The fraction of sp³-hybridized carbons (Fsp3) is 0.889. The number of hydrogen-bond acceptors (Lipinski definition) is 4. The van der Waals surface area contributed by atoms with E-state index in [2.05, 4.69) is 0 Å². The van der Waals surface area contributed by atoms with Gasteiger partial charge in [-0.2, -0.15) is 0 Å². The average molecular weight is 201 g/mol. The van der Waals surface area contributed by atoms with Gasteiger partial charge in [-0.15, -0.1) is 0 Å². The number of carboxylic acids is 1. The molecule has 1 spiro atoms. The molecule has 0 aromatic carbocycles. The van der Waals surface area contributed by atoms with Crippen LogP contribution in [0, 0.1) is 5.41 Å². The minimum atomic E-state index is -0.750. The number of aliphatic carboxylic acids is 1. The van der Waals surface area contributed by atoms with Crippen molar-refractivity contribution < 1.29 is 19.7 Å². The van der Waals surface area contributed by atoms with Gasteiger partial charge in [0.25, 0.3) is 0 Å². The molecule has 2 aliphatic rings. The molecule has 0 aromatic heterocycles. The van der Waals surface area contributed by atoms with Crippen molar-refractivity contribution >= 4 is 5.97 Å². The maximum Gasteiger partial charge on any atom is 0.317 e. The monoisotopic (exact) mass is 201 g/mol. The van der Waals surface area contributed by atoms with Gasteiger partial charge in [-0.1, -0.05) is 0 Å². The van der Waals surface area contributed by atoms with Crippen LogP contribution in [0.1, 0.15) is 12.8 Å². The van der Waals surface area contributed by atoms with Crippen molar-refractivity contribution in [2.24, 2.45) is 5.41 Å². The molecule has 0 amide bonds. The lowest BCUT2D eigenvalue weighted by atomic mass is 9.80. The Morgan fingerprint density at radius 2 is 1.86 bits per heavy atom. The Bertz CT molecular complexity index is 215. The molecule has 2 aliphatic heterocycles. The Morgan fingerprint density at radius 1 is 1.29 bits per heavy atom. The van der Waals surface area contributed by atoms with Crippen LogP contribution in [-0.4, -0.2) is 48.8 Å². The second-order valence-electron chi connectivity index (χ2n) is 4.19. The number of rotatable bonds is 2. The zero-order chi connectivity index (χ0) is 10.0. The molecule has 0 aromatic rings. The van der Waals surface area contributed by atoms with Crippen LogP contribution < -0.4 is 0 Å². The Labute approximate surface area is 82.5 Å². The molecule has 2 saturated heterocycles. The van der Waals surface area contributed by atoms with Crippen molar-refractivity contribution in [3.05, 3.63) is 0 Å². The van der Waals surface area contributed by atoms with Crippen LogP contribution in [0.3, 0.4) is 0 Å². The first-order valence-corrected chi connectivity index (χ1v) is 4.89. The highest BCUT2D eigenvalue weighted by molar-refractivity contribution is 5.69. The third-order valence-corrected chi connectivity index (χ3v) is 3.09. The summed E-state index contributed by atoms with van der Waals surface area (Å²) in [7, 11) is 0. The Balaban J connectivity index is 1.82. The van der Waals surface area contributed by atoms with Crippen molar-refractivity contribution in [3.8, 4) is 0 Å². The minimum absolute atomic E-state index is 0.151. The summed E-state index contributed by atoms with van der Waals surface area (Å²) in [5, 5.41) is 8.63. The molecular formula is C9H15NO4. The number of likely N-dealkylation sites (tertiary alicyclic amines) is 1. The Hall–Kier alpha value is -0.650. The largest absolute Gasteiger partial charge is 0.480 e. The SMILES string of the molecule is O=C(O)CN1CCC2(CC1)COOC2. The lowest BCUT2D eigenvalue weighted by Crippen LogP contribution is -2.43. The second-order valence-corrected chi connectivity index (χ2v) is 4.19. The summed E-state index contributed by atoms with van der Waals surface area (Å²) in [6.45, 7) is 3.14. The van der Waals surface area contributed by atoms with Gasteiger partial charge >= 0.3 is 5.97 Å². The summed E-state index contributed by atoms with van der Waals surface area (Å²) in [4.78, 5) is 22.3. The summed E-state index contributed by atoms with van der Waals surface area (Å²) in [5.41, 5.74) is 0.162. The van der Waals surface area contributed by atoms with Crippen molar-refractivity contribution in [3.63, 3.8) is 0 Å². The minimum Gasteiger partial charge on any atom is -0.480 e. The molecule has 0 unspecified atom stereocenters. The summed E-state index contributed by atoms with van der Waals surface area (Å²) in [5.74, 6) is -0.750. The van der Waals surface area contributed by atoms with Gasteiger partial charge in [0.05, 0.1) is 19.8 Å². The van der Waals surface area contributed by atoms with E-state index in [9.17, 15) is 4.79 Å². The molecule has 5 heteroatoms. The number of nitrogens with zero attached hydrogens (tertiary/aromatic N) is 1. The number of carbonyl (C=O) groups is 1. The van der Waals surface area contributed by atoms with E-state index < -0.39 is 5.97 Å². The van der Waals surface area contributed by atoms with E-state index in [4.69, 9.17) is 14.9 Å². The Morgan fingerprint density at radius 3 is 2.36 bits per heavy atom. The quantitative estimate of drug-likeness (QED) is 0.643. The van der Waals surface area contributed by atoms with Crippen molar-refractivity contribution in [1.29, 1.82) is 0 Å². The predicted octanol–water partition coefficient (Wildman–Crippen LogP) is 0.115. The van der Waals surface area contributed by atoms with Gasteiger partial charge in [-0.25, -0.2) is 9.78 Å². The maximum absolute atomic E-state index is 10.5. The first-order chi connectivity index (χ1) is 6.70. The first kappa shape index (κ1) is 9.89. The number of piperidine rings is 1. The number of carboxylic acid groups (broad SMARTS) is 1. The van der Waals surface area contributed by atoms with Crippen LogP contribution in [0.2, 0.25) is 0 Å². The van der Waals surface area contributed by atoms with Crippen LogP contribution in [0.4, 0.5) is 0 Å². The third kappa shape index (κ3) is 2.05. The fourth-order valence-corrected chi connectivity index (χ4v) is 2.04. The molecule has 14 heavy (non-hydrogen) atoms. The van der Waals surface area contributed by atoms with Crippen molar-refractivity contribution in [1.82, 2.24) is 4.90 Å². The van der Waals surface area contributed by atoms with E-state index >= 15 is 0 Å². The van der Waals surface area contributed by atoms with E-state index in [0.717, 1.165) is 25.9 Å². The van der Waals surface area contributed by atoms with Gasteiger partial charge in [0.1, 0.15) is 0 Å². The highest BCUT2D eigenvalue weighted by Crippen LogP contribution is 2.35. The Kier molecular flexibility index (Phi) is 2.71. The van der Waals surface area contributed by atoms with Gasteiger partial charge in [-0.05, 0) is 25.9 Å². The molecule has 0 atom stereocenters. The maximum atomic E-state index is 10.5. The van der Waals surface area contributed by atoms with Crippen molar-refractivity contribution in [2.45, 2.75) is 12.8 Å². The standard InChI is InChI=1S/C9H15NO4/c11-8(12)5-10-3-1-9(2-4-10)6-13-14-7-9/h1-7H2,(H,11,12). The van der Waals surface area contributed by atoms with E-state index in [-0.39, 0.29) is 12.0 Å². The van der Waals surface area contributed by atoms with E-state index in [0.29, 0.717) is 13.2 Å². The molecular weight excluding hydrogens is 186 g/mol. The van der Waals surface area contributed by atoms with Gasteiger partial charge < -0.3 is 5.11 Å². The van der Waals surface area contributed by atoms with Gasteiger partial charge in [0.15, 0.2) is 0 Å². The molecule has 2 rings (SSSR count). The van der Waals surface area contributed by atoms with E-state index in [1.165, 1.54) is 0 Å². The highest BCUT2D eigenvalue weighted by Gasteiger charge is 2.39. The summed E-state index contributed by atoms with van der Waals surface area (Å²) < 4.78 is 0. The topological polar surface area (TPSA) is 59.0 Å². The van der Waals surface area contributed by atoms with E-state index in [1.807, 2.05) is 4.90 Å². The van der Waals surface area contributed by atoms with Crippen LogP contribution in [0.25, 0.3) is 0 Å². The van der Waals surface area contributed by atoms with Gasteiger partial charge in [-0.3, -0.25) is 9.69 Å². The summed E-state index contributed by atoms with van der Waals surface area (Å²) in [6.07, 6.45) is 1.94. The summed E-state index contributed by atoms with van der Waals surface area (Å²) in [6, 6.07) is 0. The lowest BCUT2D eigenvalue weighted by Gasteiger charge is -2.36. The molecule has 1 N–H and O–H groups in total. The highest BCUT2D eigenvalue weighted by atomic mass is 17.2. The van der Waals surface area contributed by atoms with Gasteiger partial charge in [0, 0.05) is 5.41 Å². The normalized spacial score (nSPS) is 26.9. The molecule has 80 valence electrons. The molecule has 0 radical (unpaired) electrons. The van der Waals surface area contributed by atoms with Crippen molar-refractivity contribution in [2.75, 3.05) is 32.8 Å².